The second-order valence-corrected chi connectivity index (χ2v) is 6.39. The van der Waals surface area contributed by atoms with Crippen LogP contribution in [0.5, 0.6) is 0 Å². The van der Waals surface area contributed by atoms with Gasteiger partial charge in [0.25, 0.3) is 0 Å². The molecule has 6 heteroatoms. The number of nitrogen functional groups attached to an aromatic ring is 1. The molecule has 25 heavy (non-hydrogen) atoms. The number of hydrogen-bond acceptors (Lipinski definition) is 5. The predicted octanol–water partition coefficient (Wildman–Crippen LogP) is 2.76. The molecule has 4 rings (SSSR count). The number of fused-ring (bicyclic) bond motifs is 3. The highest BCUT2D eigenvalue weighted by Crippen LogP contribution is 2.40. The van der Waals surface area contributed by atoms with Crippen LogP contribution in [0.4, 0.5) is 11.5 Å². The largest absolute Gasteiger partial charge is 0.383 e. The van der Waals surface area contributed by atoms with E-state index in [2.05, 4.69) is 21.3 Å². The zero-order valence-corrected chi connectivity index (χ0v) is 14.2. The maximum atomic E-state index is 9.66. The van der Waals surface area contributed by atoms with E-state index in [0.29, 0.717) is 5.56 Å². The van der Waals surface area contributed by atoms with Crippen LogP contribution in [-0.4, -0.2) is 29.3 Å². The molecule has 3 aromatic rings. The Morgan fingerprint density at radius 3 is 2.64 bits per heavy atom. The van der Waals surface area contributed by atoms with Gasteiger partial charge in [0.2, 0.25) is 0 Å². The van der Waals surface area contributed by atoms with Gasteiger partial charge in [0.05, 0.1) is 11.9 Å². The Hall–Kier alpha value is -3.33. The van der Waals surface area contributed by atoms with Gasteiger partial charge in [-0.2, -0.15) is 10.4 Å². The third kappa shape index (κ3) is 2.32. The normalized spacial score (nSPS) is 12.2. The van der Waals surface area contributed by atoms with Crippen molar-refractivity contribution in [3.63, 3.8) is 0 Å². The molecule has 0 spiro atoms. The standard InChI is InChI=1S/C19H18N6/c1-25(2)12-5-3-11(4-6-12)17-13-7-8-16-15(10-22-24-16)18(13)23-19(21)14(17)9-20/h3-6,10H,7-8H2,1-2H3,(H2,21,23)(H,22,24). The summed E-state index contributed by atoms with van der Waals surface area (Å²) in [6.45, 7) is 0. The number of nitrogens with two attached hydrogens (primary N) is 1. The Morgan fingerprint density at radius 2 is 1.96 bits per heavy atom. The first-order chi connectivity index (χ1) is 12.1. The summed E-state index contributed by atoms with van der Waals surface area (Å²) in [7, 11) is 4.00. The molecule has 3 N–H and O–H groups in total. The van der Waals surface area contributed by atoms with E-state index in [0.717, 1.165) is 52.2 Å². The van der Waals surface area contributed by atoms with Gasteiger partial charge < -0.3 is 10.6 Å². The van der Waals surface area contributed by atoms with Gasteiger partial charge in [0.1, 0.15) is 17.5 Å². The number of pyridine rings is 1. The van der Waals surface area contributed by atoms with E-state index in [-0.39, 0.29) is 5.82 Å². The molecule has 1 aromatic carbocycles. The number of aromatic amines is 1. The van der Waals surface area contributed by atoms with E-state index in [1.54, 1.807) is 6.20 Å². The summed E-state index contributed by atoms with van der Waals surface area (Å²) in [4.78, 5) is 6.56. The summed E-state index contributed by atoms with van der Waals surface area (Å²) in [6.07, 6.45) is 3.43. The van der Waals surface area contributed by atoms with E-state index in [1.165, 1.54) is 0 Å². The highest BCUT2D eigenvalue weighted by molar-refractivity contribution is 5.86. The van der Waals surface area contributed by atoms with Gasteiger partial charge in [-0.3, -0.25) is 5.10 Å². The lowest BCUT2D eigenvalue weighted by Gasteiger charge is -2.21. The maximum absolute atomic E-state index is 9.66. The smallest absolute Gasteiger partial charge is 0.142 e. The van der Waals surface area contributed by atoms with Crippen molar-refractivity contribution in [1.29, 1.82) is 5.26 Å². The van der Waals surface area contributed by atoms with Crippen LogP contribution in [0.2, 0.25) is 0 Å². The van der Waals surface area contributed by atoms with Crippen LogP contribution in [0.15, 0.2) is 30.5 Å². The fraction of sp³-hybridized carbons (Fsp3) is 0.211. The summed E-state index contributed by atoms with van der Waals surface area (Å²) < 4.78 is 0. The molecule has 0 amide bonds. The number of nitrogens with one attached hydrogen (secondary N) is 1. The van der Waals surface area contributed by atoms with Gasteiger partial charge in [-0.05, 0) is 36.1 Å². The molecule has 0 bridgehead atoms. The SMILES string of the molecule is CN(C)c1ccc(-c2c(C#N)c(N)nc3c2CCc2[nH]ncc2-3)cc1. The summed E-state index contributed by atoms with van der Waals surface area (Å²) >= 11 is 0. The Morgan fingerprint density at radius 1 is 1.20 bits per heavy atom. The first-order valence-electron chi connectivity index (χ1n) is 8.13. The first kappa shape index (κ1) is 15.2. The molecular formula is C19H18N6. The molecule has 124 valence electrons. The number of aromatic nitrogens is 3. The number of hydrogen-bond donors (Lipinski definition) is 2. The van der Waals surface area contributed by atoms with Gasteiger partial charge in [-0.15, -0.1) is 0 Å². The Bertz CT molecular complexity index is 992. The summed E-state index contributed by atoms with van der Waals surface area (Å²) in [5.74, 6) is 0.266. The molecule has 0 unspecified atom stereocenters. The van der Waals surface area contributed by atoms with Gasteiger partial charge in [-0.1, -0.05) is 12.1 Å². The lowest BCUT2D eigenvalue weighted by Crippen LogP contribution is -2.11. The van der Waals surface area contributed by atoms with Crippen molar-refractivity contribution in [2.24, 2.45) is 0 Å². The quantitative estimate of drug-likeness (QED) is 0.753. The zero-order valence-electron chi connectivity index (χ0n) is 14.2. The van der Waals surface area contributed by atoms with Crippen molar-refractivity contribution in [3.8, 4) is 28.5 Å². The third-order valence-corrected chi connectivity index (χ3v) is 4.71. The van der Waals surface area contributed by atoms with Crippen LogP contribution in [-0.2, 0) is 12.8 Å². The predicted molar refractivity (Wildman–Crippen MR) is 98.1 cm³/mol. The minimum absolute atomic E-state index is 0.266. The second-order valence-electron chi connectivity index (χ2n) is 6.39. The van der Waals surface area contributed by atoms with Crippen LogP contribution >= 0.6 is 0 Å². The van der Waals surface area contributed by atoms with Crippen molar-refractivity contribution in [2.45, 2.75) is 12.8 Å². The molecule has 1 aliphatic carbocycles. The van der Waals surface area contributed by atoms with E-state index < -0.39 is 0 Å². The molecule has 0 aliphatic heterocycles. The molecule has 2 aromatic heterocycles. The Balaban J connectivity index is 1.97. The summed E-state index contributed by atoms with van der Waals surface area (Å²) in [6, 6.07) is 10.4. The van der Waals surface area contributed by atoms with E-state index >= 15 is 0 Å². The van der Waals surface area contributed by atoms with Crippen LogP contribution in [0.1, 0.15) is 16.8 Å². The number of nitrogens with zero attached hydrogens (tertiary/aromatic N) is 4. The molecule has 0 saturated heterocycles. The summed E-state index contributed by atoms with van der Waals surface area (Å²) in [5, 5.41) is 16.8. The monoisotopic (exact) mass is 330 g/mol. The highest BCUT2D eigenvalue weighted by atomic mass is 15.1. The van der Waals surface area contributed by atoms with Crippen LogP contribution < -0.4 is 10.6 Å². The van der Waals surface area contributed by atoms with Gasteiger partial charge in [-0.25, -0.2) is 4.98 Å². The lowest BCUT2D eigenvalue weighted by molar-refractivity contribution is 0.876. The van der Waals surface area contributed by atoms with Crippen LogP contribution in [0.25, 0.3) is 22.4 Å². The van der Waals surface area contributed by atoms with Crippen LogP contribution in [0, 0.1) is 11.3 Å². The minimum atomic E-state index is 0.266. The van der Waals surface area contributed by atoms with E-state index in [4.69, 9.17) is 5.73 Å². The number of anilines is 2. The fourth-order valence-corrected chi connectivity index (χ4v) is 3.42. The molecule has 0 fully saturated rings. The molecule has 0 radical (unpaired) electrons. The summed E-state index contributed by atoms with van der Waals surface area (Å²) in [5.41, 5.74) is 13.5. The van der Waals surface area contributed by atoms with E-state index in [1.807, 2.05) is 43.3 Å². The van der Waals surface area contributed by atoms with Crippen molar-refractivity contribution < 1.29 is 0 Å². The number of nitriles is 1. The molecule has 1 aliphatic rings. The molecule has 2 heterocycles. The molecular weight excluding hydrogens is 312 g/mol. The minimum Gasteiger partial charge on any atom is -0.383 e. The van der Waals surface area contributed by atoms with Crippen molar-refractivity contribution in [2.75, 3.05) is 24.7 Å². The fourth-order valence-electron chi connectivity index (χ4n) is 3.42. The van der Waals surface area contributed by atoms with Crippen LogP contribution in [0.3, 0.4) is 0 Å². The average molecular weight is 330 g/mol. The van der Waals surface area contributed by atoms with Gasteiger partial charge in [0, 0.05) is 36.6 Å². The van der Waals surface area contributed by atoms with Gasteiger partial charge in [0.15, 0.2) is 0 Å². The first-order valence-corrected chi connectivity index (χ1v) is 8.13. The Labute approximate surface area is 145 Å². The van der Waals surface area contributed by atoms with Crippen molar-refractivity contribution in [1.82, 2.24) is 15.2 Å². The number of aryl methyl sites for hydroxylation is 1. The number of benzene rings is 1. The second kappa shape index (κ2) is 5.64. The number of H-pyrrole nitrogens is 1. The number of rotatable bonds is 2. The molecule has 6 nitrogen and oxygen atoms in total. The Kier molecular flexibility index (Phi) is 3.43. The molecule has 0 saturated carbocycles. The van der Waals surface area contributed by atoms with Gasteiger partial charge >= 0.3 is 0 Å². The zero-order chi connectivity index (χ0) is 17.6. The van der Waals surface area contributed by atoms with Crippen molar-refractivity contribution >= 4 is 11.5 Å². The topological polar surface area (TPSA) is 94.6 Å². The highest BCUT2D eigenvalue weighted by Gasteiger charge is 2.26. The average Bonchev–Trinajstić information content (AvgIpc) is 3.10. The van der Waals surface area contributed by atoms with E-state index in [9.17, 15) is 5.26 Å². The van der Waals surface area contributed by atoms with Crippen molar-refractivity contribution in [3.05, 3.63) is 47.3 Å². The maximum Gasteiger partial charge on any atom is 0.142 e. The molecule has 0 atom stereocenters. The lowest BCUT2D eigenvalue weighted by atomic mass is 9.86. The third-order valence-electron chi connectivity index (χ3n) is 4.71.